The van der Waals surface area contributed by atoms with Crippen molar-refractivity contribution < 1.29 is 9.47 Å². The number of benzene rings is 1. The maximum absolute atomic E-state index is 5.71. The first kappa shape index (κ1) is 13.8. The zero-order valence-corrected chi connectivity index (χ0v) is 12.7. The van der Waals surface area contributed by atoms with Crippen LogP contribution in [0.4, 0.5) is 0 Å². The van der Waals surface area contributed by atoms with E-state index in [0.29, 0.717) is 0 Å². The third-order valence-electron chi connectivity index (χ3n) is 2.19. The van der Waals surface area contributed by atoms with Gasteiger partial charge in [-0.3, -0.25) is 0 Å². The van der Waals surface area contributed by atoms with E-state index in [2.05, 4.69) is 38.8 Å². The number of hydrogen-bond acceptors (Lipinski definition) is 2. The van der Waals surface area contributed by atoms with E-state index in [1.165, 1.54) is 0 Å². The van der Waals surface area contributed by atoms with Crippen molar-refractivity contribution in [3.63, 3.8) is 0 Å². The second-order valence-electron chi connectivity index (χ2n) is 3.44. The number of unbranched alkanes of at least 4 members (excludes halogenated alkanes) is 1. The van der Waals surface area contributed by atoms with E-state index in [9.17, 15) is 0 Å². The van der Waals surface area contributed by atoms with Crippen LogP contribution >= 0.6 is 31.9 Å². The summed E-state index contributed by atoms with van der Waals surface area (Å²) in [6.07, 6.45) is 2.18. The quantitative estimate of drug-likeness (QED) is 0.553. The third kappa shape index (κ3) is 3.67. The van der Waals surface area contributed by atoms with Gasteiger partial charge in [0.1, 0.15) is 0 Å². The highest BCUT2D eigenvalue weighted by molar-refractivity contribution is 9.10. The van der Waals surface area contributed by atoms with E-state index in [0.717, 1.165) is 46.3 Å². The van der Waals surface area contributed by atoms with Gasteiger partial charge in [-0.05, 0) is 40.0 Å². The highest BCUT2D eigenvalue weighted by Crippen LogP contribution is 2.37. The van der Waals surface area contributed by atoms with E-state index in [4.69, 9.17) is 9.47 Å². The van der Waals surface area contributed by atoms with Crippen LogP contribution in [0.25, 0.3) is 0 Å². The maximum Gasteiger partial charge on any atom is 0.175 e. The lowest BCUT2D eigenvalue weighted by Crippen LogP contribution is -2.00. The molecule has 0 saturated carbocycles. The summed E-state index contributed by atoms with van der Waals surface area (Å²) in [6.45, 7) is 2.86. The topological polar surface area (TPSA) is 18.5 Å². The molecule has 0 heterocycles. The van der Waals surface area contributed by atoms with Gasteiger partial charge in [-0.2, -0.15) is 0 Å². The molecule has 0 amide bonds. The lowest BCUT2D eigenvalue weighted by molar-refractivity contribution is 0.286. The molecule has 2 nitrogen and oxygen atoms in total. The van der Waals surface area contributed by atoms with Crippen LogP contribution in [0.15, 0.2) is 16.6 Å². The van der Waals surface area contributed by atoms with E-state index in [1.807, 2.05) is 12.1 Å². The van der Waals surface area contributed by atoms with Crippen LogP contribution in [0.5, 0.6) is 11.5 Å². The van der Waals surface area contributed by atoms with Gasteiger partial charge in [0.25, 0.3) is 0 Å². The average Bonchev–Trinajstić information content (AvgIpc) is 2.30. The molecule has 1 rings (SSSR count). The normalized spacial score (nSPS) is 10.2. The Hall–Kier alpha value is -0.220. The lowest BCUT2D eigenvalue weighted by atomic mass is 10.2. The molecule has 16 heavy (non-hydrogen) atoms. The molecule has 0 radical (unpaired) electrons. The number of halogens is 2. The zero-order valence-electron chi connectivity index (χ0n) is 9.56. The molecule has 0 fully saturated rings. The predicted octanol–water partition coefficient (Wildman–Crippen LogP) is 4.53. The smallest absolute Gasteiger partial charge is 0.175 e. The monoisotopic (exact) mass is 350 g/mol. The Kier molecular flexibility index (Phi) is 6.21. The molecule has 0 aliphatic heterocycles. The van der Waals surface area contributed by atoms with Crippen LogP contribution in [0.1, 0.15) is 25.3 Å². The second-order valence-corrected chi connectivity index (χ2v) is 4.86. The molecule has 1 aromatic rings. The highest BCUT2D eigenvalue weighted by Gasteiger charge is 2.10. The van der Waals surface area contributed by atoms with Crippen LogP contribution < -0.4 is 9.47 Å². The van der Waals surface area contributed by atoms with Gasteiger partial charge in [0.2, 0.25) is 0 Å². The Balaban J connectivity index is 2.88. The molecule has 0 atom stereocenters. The summed E-state index contributed by atoms with van der Waals surface area (Å²) >= 11 is 6.93. The van der Waals surface area contributed by atoms with Crippen LogP contribution in [0.2, 0.25) is 0 Å². The van der Waals surface area contributed by atoms with Crippen molar-refractivity contribution in [2.24, 2.45) is 0 Å². The average molecular weight is 352 g/mol. The predicted molar refractivity (Wildman–Crippen MR) is 73.7 cm³/mol. The van der Waals surface area contributed by atoms with Gasteiger partial charge < -0.3 is 9.47 Å². The lowest BCUT2D eigenvalue weighted by Gasteiger charge is -2.13. The first-order chi connectivity index (χ1) is 7.72. The van der Waals surface area contributed by atoms with E-state index >= 15 is 0 Å². The molecular formula is C12H16Br2O2. The van der Waals surface area contributed by atoms with Crippen LogP contribution in [-0.2, 0) is 5.33 Å². The fourth-order valence-corrected chi connectivity index (χ4v) is 2.24. The van der Waals surface area contributed by atoms with Crippen molar-refractivity contribution in [3.8, 4) is 11.5 Å². The minimum absolute atomic E-state index is 0.721. The van der Waals surface area contributed by atoms with Gasteiger partial charge >= 0.3 is 0 Å². The van der Waals surface area contributed by atoms with Crippen molar-refractivity contribution in [1.82, 2.24) is 0 Å². The SMILES string of the molecule is CCCCOc1c(Br)cc(CBr)cc1OC. The Labute approximate surface area is 114 Å². The minimum Gasteiger partial charge on any atom is -0.493 e. The number of ether oxygens (including phenoxy) is 2. The molecule has 0 bridgehead atoms. The Bertz CT molecular complexity index is 340. The van der Waals surface area contributed by atoms with Crippen molar-refractivity contribution >= 4 is 31.9 Å². The fourth-order valence-electron chi connectivity index (χ4n) is 1.31. The number of hydrogen-bond donors (Lipinski definition) is 0. The summed E-state index contributed by atoms with van der Waals surface area (Å²) in [5.74, 6) is 1.57. The van der Waals surface area contributed by atoms with Gasteiger partial charge in [0.05, 0.1) is 18.2 Å². The molecule has 0 aliphatic carbocycles. The van der Waals surface area contributed by atoms with Crippen molar-refractivity contribution in [3.05, 3.63) is 22.2 Å². The Morgan fingerprint density at radius 2 is 2.06 bits per heavy atom. The largest absolute Gasteiger partial charge is 0.493 e. The van der Waals surface area contributed by atoms with Crippen LogP contribution in [-0.4, -0.2) is 13.7 Å². The summed E-state index contributed by atoms with van der Waals surface area (Å²) in [4.78, 5) is 0. The third-order valence-corrected chi connectivity index (χ3v) is 3.42. The summed E-state index contributed by atoms with van der Waals surface area (Å²) in [7, 11) is 1.66. The first-order valence-electron chi connectivity index (χ1n) is 5.28. The summed E-state index contributed by atoms with van der Waals surface area (Å²) in [6, 6.07) is 4.03. The number of methoxy groups -OCH3 is 1. The zero-order chi connectivity index (χ0) is 12.0. The van der Waals surface area contributed by atoms with Crippen LogP contribution in [0.3, 0.4) is 0 Å². The van der Waals surface area contributed by atoms with E-state index in [-0.39, 0.29) is 0 Å². The van der Waals surface area contributed by atoms with Gasteiger partial charge in [-0.15, -0.1) is 0 Å². The molecule has 90 valence electrons. The van der Waals surface area contributed by atoms with Gasteiger partial charge in [0, 0.05) is 5.33 Å². The summed E-state index contributed by atoms with van der Waals surface area (Å²) in [5, 5.41) is 0.803. The maximum atomic E-state index is 5.71. The number of alkyl halides is 1. The molecule has 0 unspecified atom stereocenters. The first-order valence-corrected chi connectivity index (χ1v) is 7.19. The van der Waals surface area contributed by atoms with Crippen LogP contribution in [0, 0.1) is 0 Å². The van der Waals surface area contributed by atoms with Gasteiger partial charge in [-0.25, -0.2) is 0 Å². The van der Waals surface area contributed by atoms with Crippen molar-refractivity contribution in [2.75, 3.05) is 13.7 Å². The van der Waals surface area contributed by atoms with E-state index < -0.39 is 0 Å². The molecule has 0 aliphatic rings. The van der Waals surface area contributed by atoms with Crippen molar-refractivity contribution in [1.29, 1.82) is 0 Å². The molecule has 0 aromatic heterocycles. The summed E-state index contributed by atoms with van der Waals surface area (Å²) < 4.78 is 12.0. The molecule has 0 N–H and O–H groups in total. The Morgan fingerprint density at radius 3 is 2.62 bits per heavy atom. The standard InChI is InChI=1S/C12H16Br2O2/c1-3-4-5-16-12-10(14)6-9(8-13)7-11(12)15-2/h6-7H,3-5,8H2,1-2H3. The van der Waals surface area contributed by atoms with Gasteiger partial charge in [0.15, 0.2) is 11.5 Å². The van der Waals surface area contributed by atoms with Crippen molar-refractivity contribution in [2.45, 2.75) is 25.1 Å². The van der Waals surface area contributed by atoms with E-state index in [1.54, 1.807) is 7.11 Å². The molecular weight excluding hydrogens is 336 g/mol. The number of rotatable bonds is 6. The molecule has 0 spiro atoms. The van der Waals surface area contributed by atoms with Gasteiger partial charge in [-0.1, -0.05) is 29.3 Å². The molecule has 1 aromatic carbocycles. The Morgan fingerprint density at radius 1 is 1.31 bits per heavy atom. The minimum atomic E-state index is 0.721. The highest BCUT2D eigenvalue weighted by atomic mass is 79.9. The second kappa shape index (κ2) is 7.17. The fraction of sp³-hybridized carbons (Fsp3) is 0.500. The summed E-state index contributed by atoms with van der Waals surface area (Å²) in [5.41, 5.74) is 1.16. The molecule has 0 saturated heterocycles. The molecule has 4 heteroatoms.